The standard InChI is InChI=1S/C22H17NOS/c1-15-14-25-21(23-15)13-17-12-20(19-11-7-3-6-10-18(17)19)22(24)16-8-4-2-5-9-16/h2-12,14H,13H2,1H3. The van der Waals surface area contributed by atoms with Crippen molar-refractivity contribution in [2.24, 2.45) is 0 Å². The molecule has 2 aliphatic rings. The van der Waals surface area contributed by atoms with Crippen molar-refractivity contribution in [3.63, 3.8) is 0 Å². The molecule has 0 unspecified atom stereocenters. The van der Waals surface area contributed by atoms with Crippen LogP contribution < -0.4 is 0 Å². The number of hydrogen-bond donors (Lipinski definition) is 0. The molecule has 0 fully saturated rings. The quantitative estimate of drug-likeness (QED) is 0.466. The van der Waals surface area contributed by atoms with Crippen LogP contribution in [0.1, 0.15) is 32.2 Å². The molecule has 0 radical (unpaired) electrons. The fraction of sp³-hybridized carbons (Fsp3) is 0.0909. The first-order chi connectivity index (χ1) is 12.2. The molecule has 0 saturated carbocycles. The summed E-state index contributed by atoms with van der Waals surface area (Å²) in [6, 6.07) is 21.6. The summed E-state index contributed by atoms with van der Waals surface area (Å²) in [6.07, 6.45) is 0.751. The number of thiazole rings is 1. The first kappa shape index (κ1) is 15.7. The van der Waals surface area contributed by atoms with E-state index in [2.05, 4.69) is 16.4 Å². The number of ketones is 1. The molecule has 0 amide bonds. The van der Waals surface area contributed by atoms with Crippen LogP contribution in [0, 0.1) is 6.92 Å². The Labute approximate surface area is 151 Å². The van der Waals surface area contributed by atoms with E-state index in [1.54, 1.807) is 11.3 Å². The van der Waals surface area contributed by atoms with Crippen molar-refractivity contribution >= 4 is 17.1 Å². The molecule has 4 rings (SSSR count). The number of carbonyl (C=O) groups is 1. The first-order valence-corrected chi connectivity index (χ1v) is 9.12. The van der Waals surface area contributed by atoms with Gasteiger partial charge in [0.2, 0.25) is 0 Å². The fourth-order valence-electron chi connectivity index (χ4n) is 3.12. The Bertz CT molecular complexity index is 1000. The van der Waals surface area contributed by atoms with Crippen LogP contribution in [-0.4, -0.2) is 10.8 Å². The lowest BCUT2D eigenvalue weighted by Gasteiger charge is -2.02. The lowest BCUT2D eigenvalue weighted by atomic mass is 10.0. The lowest BCUT2D eigenvalue weighted by Crippen LogP contribution is -2.00. The highest BCUT2D eigenvalue weighted by Gasteiger charge is 2.21. The van der Waals surface area contributed by atoms with E-state index in [0.29, 0.717) is 0 Å². The smallest absolute Gasteiger partial charge is 0.193 e. The van der Waals surface area contributed by atoms with E-state index in [1.807, 2.05) is 67.6 Å². The third-order valence-corrected chi connectivity index (χ3v) is 5.25. The van der Waals surface area contributed by atoms with Gasteiger partial charge < -0.3 is 0 Å². The molecule has 1 aromatic heterocycles. The minimum atomic E-state index is 0.0679. The van der Waals surface area contributed by atoms with Gasteiger partial charge in [-0.15, -0.1) is 11.3 Å². The maximum absolute atomic E-state index is 13.0. The Morgan fingerprint density at radius 2 is 1.64 bits per heavy atom. The molecule has 0 aliphatic heterocycles. The van der Waals surface area contributed by atoms with Crippen LogP contribution in [0.25, 0.3) is 11.1 Å². The third-order valence-electron chi connectivity index (χ3n) is 4.28. The van der Waals surface area contributed by atoms with Crippen molar-refractivity contribution in [2.45, 2.75) is 13.3 Å². The van der Waals surface area contributed by atoms with Gasteiger partial charge in [-0.3, -0.25) is 4.79 Å². The second-order valence-corrected chi connectivity index (χ2v) is 7.02. The molecule has 0 N–H and O–H groups in total. The van der Waals surface area contributed by atoms with Gasteiger partial charge in [-0.25, -0.2) is 4.98 Å². The Kier molecular flexibility index (Phi) is 4.16. The molecule has 122 valence electrons. The molecule has 0 atom stereocenters. The summed E-state index contributed by atoms with van der Waals surface area (Å²) in [4.78, 5) is 17.6. The van der Waals surface area contributed by atoms with E-state index in [-0.39, 0.29) is 5.78 Å². The first-order valence-electron chi connectivity index (χ1n) is 8.24. The van der Waals surface area contributed by atoms with Gasteiger partial charge in [0, 0.05) is 28.6 Å². The number of benzene rings is 1. The van der Waals surface area contributed by atoms with Crippen LogP contribution in [0.5, 0.6) is 0 Å². The predicted molar refractivity (Wildman–Crippen MR) is 103 cm³/mol. The van der Waals surface area contributed by atoms with Gasteiger partial charge in [0.25, 0.3) is 0 Å². The summed E-state index contributed by atoms with van der Waals surface area (Å²) in [7, 11) is 0. The van der Waals surface area contributed by atoms with Gasteiger partial charge >= 0.3 is 0 Å². The Hall–Kier alpha value is -2.78. The minimum Gasteiger partial charge on any atom is -0.289 e. The highest BCUT2D eigenvalue weighted by Crippen LogP contribution is 2.35. The zero-order chi connectivity index (χ0) is 17.2. The van der Waals surface area contributed by atoms with Crippen LogP contribution in [0.15, 0.2) is 72.1 Å². The molecular formula is C22H17NOS. The molecule has 1 aromatic carbocycles. The topological polar surface area (TPSA) is 30.0 Å². The molecule has 25 heavy (non-hydrogen) atoms. The highest BCUT2D eigenvalue weighted by molar-refractivity contribution is 7.09. The summed E-state index contributed by atoms with van der Waals surface area (Å²) in [5, 5.41) is 3.14. The monoisotopic (exact) mass is 343 g/mol. The van der Waals surface area contributed by atoms with E-state index >= 15 is 0 Å². The Balaban J connectivity index is 1.81. The summed E-state index contributed by atoms with van der Waals surface area (Å²) in [5.41, 5.74) is 5.80. The van der Waals surface area contributed by atoms with Crippen LogP contribution in [0.3, 0.4) is 0 Å². The highest BCUT2D eigenvalue weighted by atomic mass is 32.1. The maximum Gasteiger partial charge on any atom is 0.193 e. The van der Waals surface area contributed by atoms with Crippen molar-refractivity contribution in [3.05, 3.63) is 99.5 Å². The van der Waals surface area contributed by atoms with Crippen molar-refractivity contribution in [3.8, 4) is 11.1 Å². The molecule has 0 saturated heterocycles. The third kappa shape index (κ3) is 3.11. The Morgan fingerprint density at radius 1 is 0.960 bits per heavy atom. The molecular weight excluding hydrogens is 326 g/mol. The van der Waals surface area contributed by atoms with Crippen LogP contribution in [0.2, 0.25) is 0 Å². The van der Waals surface area contributed by atoms with Crippen LogP contribution in [0.4, 0.5) is 0 Å². The zero-order valence-electron chi connectivity index (χ0n) is 13.9. The van der Waals surface area contributed by atoms with Gasteiger partial charge in [0.1, 0.15) is 0 Å². The zero-order valence-corrected chi connectivity index (χ0v) is 14.7. The van der Waals surface area contributed by atoms with E-state index in [1.165, 1.54) is 0 Å². The van der Waals surface area contributed by atoms with Crippen molar-refractivity contribution in [2.75, 3.05) is 0 Å². The number of hydrogen-bond acceptors (Lipinski definition) is 3. The molecule has 0 spiro atoms. The van der Waals surface area contributed by atoms with Gasteiger partial charge in [-0.05, 0) is 29.7 Å². The fourth-order valence-corrected chi connectivity index (χ4v) is 3.91. The second-order valence-electron chi connectivity index (χ2n) is 6.08. The van der Waals surface area contributed by atoms with Gasteiger partial charge in [0.05, 0.1) is 5.01 Å². The van der Waals surface area contributed by atoms with Crippen LogP contribution in [-0.2, 0) is 6.42 Å². The minimum absolute atomic E-state index is 0.0679. The molecule has 2 aromatic rings. The maximum atomic E-state index is 13.0. The number of nitrogens with zero attached hydrogens (tertiary/aromatic N) is 1. The van der Waals surface area contributed by atoms with E-state index in [4.69, 9.17) is 0 Å². The van der Waals surface area contributed by atoms with Gasteiger partial charge in [-0.2, -0.15) is 0 Å². The number of fused-ring (bicyclic) bond motifs is 1. The van der Waals surface area contributed by atoms with E-state index in [0.717, 1.165) is 44.9 Å². The van der Waals surface area contributed by atoms with Gasteiger partial charge in [-0.1, -0.05) is 60.7 Å². The number of carbonyl (C=O) groups excluding carboxylic acids is 1. The normalized spacial score (nSPS) is 10.9. The predicted octanol–water partition coefficient (Wildman–Crippen LogP) is 5.38. The largest absolute Gasteiger partial charge is 0.289 e. The van der Waals surface area contributed by atoms with Gasteiger partial charge in [0.15, 0.2) is 5.78 Å². The number of rotatable bonds is 4. The summed E-state index contributed by atoms with van der Waals surface area (Å²) in [6.45, 7) is 2.01. The van der Waals surface area contributed by atoms with E-state index in [9.17, 15) is 4.79 Å². The van der Waals surface area contributed by atoms with Crippen molar-refractivity contribution in [1.29, 1.82) is 0 Å². The SMILES string of the molecule is Cc1csc(Cc2cc(C(=O)c3ccccc3)c3cccccc2-3)n1. The lowest BCUT2D eigenvalue weighted by molar-refractivity contribution is 0.103. The van der Waals surface area contributed by atoms with E-state index < -0.39 is 0 Å². The molecule has 2 aliphatic carbocycles. The average Bonchev–Trinajstić information content (AvgIpc) is 3.09. The molecule has 1 heterocycles. The molecule has 2 nitrogen and oxygen atoms in total. The summed E-state index contributed by atoms with van der Waals surface area (Å²) < 4.78 is 0. The molecule has 0 bridgehead atoms. The van der Waals surface area contributed by atoms with Crippen molar-refractivity contribution in [1.82, 2.24) is 4.98 Å². The van der Waals surface area contributed by atoms with Crippen LogP contribution >= 0.6 is 11.3 Å². The molecule has 3 heteroatoms. The Morgan fingerprint density at radius 3 is 2.32 bits per heavy atom. The number of aromatic nitrogens is 1. The summed E-state index contributed by atoms with van der Waals surface area (Å²) in [5.74, 6) is 0.0679. The average molecular weight is 343 g/mol. The second kappa shape index (κ2) is 6.61. The van der Waals surface area contributed by atoms with Crippen molar-refractivity contribution < 1.29 is 4.79 Å². The summed E-state index contributed by atoms with van der Waals surface area (Å²) >= 11 is 1.67. The number of aryl methyl sites for hydroxylation is 1.